The number of ether oxygens (including phenoxy) is 2. The molecule has 2 aromatic carbocycles. The van der Waals surface area contributed by atoms with E-state index in [-0.39, 0.29) is 18.9 Å². The highest BCUT2D eigenvalue weighted by Gasteiger charge is 2.20. The monoisotopic (exact) mass is 375 g/mol. The number of carbonyl (C=O) groups is 2. The van der Waals surface area contributed by atoms with E-state index in [9.17, 15) is 19.1 Å². The fourth-order valence-electron chi connectivity index (χ4n) is 2.44. The number of carbonyl (C=O) groups excluding carboxylic acids is 1. The van der Waals surface area contributed by atoms with Crippen molar-refractivity contribution in [3.8, 4) is 11.5 Å². The Morgan fingerprint density at radius 2 is 1.70 bits per heavy atom. The van der Waals surface area contributed by atoms with Gasteiger partial charge in [-0.05, 0) is 48.4 Å². The van der Waals surface area contributed by atoms with Gasteiger partial charge in [0.15, 0.2) is 0 Å². The summed E-state index contributed by atoms with van der Waals surface area (Å²) in [6.45, 7) is 0.305. The molecule has 0 aromatic heterocycles. The molecule has 1 amide bonds. The van der Waals surface area contributed by atoms with E-state index in [0.29, 0.717) is 24.3 Å². The molecule has 0 saturated heterocycles. The molecule has 0 bridgehead atoms. The zero-order valence-electron chi connectivity index (χ0n) is 15.0. The van der Waals surface area contributed by atoms with Gasteiger partial charge in [-0.2, -0.15) is 0 Å². The molecule has 0 radical (unpaired) electrons. The van der Waals surface area contributed by atoms with Gasteiger partial charge in [0.25, 0.3) is 0 Å². The van der Waals surface area contributed by atoms with Crippen molar-refractivity contribution in [1.82, 2.24) is 5.32 Å². The summed E-state index contributed by atoms with van der Waals surface area (Å²) in [5.74, 6) is -1.30. The molecule has 6 nitrogen and oxygen atoms in total. The van der Waals surface area contributed by atoms with Crippen molar-refractivity contribution in [3.05, 3.63) is 59.9 Å². The molecule has 2 N–H and O–H groups in total. The summed E-state index contributed by atoms with van der Waals surface area (Å²) >= 11 is 0. The number of nitrogens with one attached hydrogen (secondary N) is 1. The van der Waals surface area contributed by atoms with Gasteiger partial charge in [-0.3, -0.25) is 9.59 Å². The molecule has 0 saturated carbocycles. The molecule has 1 unspecified atom stereocenters. The van der Waals surface area contributed by atoms with Gasteiger partial charge in [0.2, 0.25) is 5.91 Å². The fraction of sp³-hybridized carbons (Fsp3) is 0.300. The third-order valence-corrected chi connectivity index (χ3v) is 3.95. The minimum Gasteiger partial charge on any atom is -0.497 e. The van der Waals surface area contributed by atoms with Crippen LogP contribution in [0.1, 0.15) is 24.3 Å². The first kappa shape index (κ1) is 20.2. The van der Waals surface area contributed by atoms with E-state index >= 15 is 0 Å². The second-order valence-corrected chi connectivity index (χ2v) is 5.87. The molecule has 0 heterocycles. The third-order valence-electron chi connectivity index (χ3n) is 3.95. The molecule has 1 atom stereocenters. The lowest BCUT2D eigenvalue weighted by Gasteiger charge is -2.14. The Kier molecular flexibility index (Phi) is 7.61. The predicted octanol–water partition coefficient (Wildman–Crippen LogP) is 2.98. The van der Waals surface area contributed by atoms with Crippen molar-refractivity contribution >= 4 is 11.9 Å². The van der Waals surface area contributed by atoms with Crippen LogP contribution < -0.4 is 14.8 Å². The maximum atomic E-state index is 13.0. The Bertz CT molecular complexity index is 746. The molecule has 0 spiro atoms. The van der Waals surface area contributed by atoms with Crippen molar-refractivity contribution in [3.63, 3.8) is 0 Å². The average molecular weight is 375 g/mol. The number of benzene rings is 2. The first-order valence-corrected chi connectivity index (χ1v) is 8.51. The highest BCUT2D eigenvalue weighted by Crippen LogP contribution is 2.18. The largest absolute Gasteiger partial charge is 0.497 e. The van der Waals surface area contributed by atoms with Crippen molar-refractivity contribution < 1.29 is 28.6 Å². The summed E-state index contributed by atoms with van der Waals surface area (Å²) in [6, 6.07) is 12.3. The zero-order valence-corrected chi connectivity index (χ0v) is 15.0. The molecule has 144 valence electrons. The van der Waals surface area contributed by atoms with Crippen LogP contribution in [0.3, 0.4) is 0 Å². The molecule has 27 heavy (non-hydrogen) atoms. The van der Waals surface area contributed by atoms with Gasteiger partial charge in [-0.15, -0.1) is 0 Å². The Labute approximate surface area is 156 Å². The highest BCUT2D eigenvalue weighted by molar-refractivity contribution is 5.79. The van der Waals surface area contributed by atoms with E-state index in [1.807, 2.05) is 0 Å². The van der Waals surface area contributed by atoms with Crippen LogP contribution in [0, 0.1) is 5.82 Å². The smallest absolute Gasteiger partial charge is 0.312 e. The topological polar surface area (TPSA) is 84.9 Å². The second kappa shape index (κ2) is 10.2. The predicted molar refractivity (Wildman–Crippen MR) is 97.5 cm³/mol. The fourth-order valence-corrected chi connectivity index (χ4v) is 2.44. The van der Waals surface area contributed by atoms with E-state index in [0.717, 1.165) is 5.75 Å². The molecule has 2 aromatic rings. The van der Waals surface area contributed by atoms with Crippen LogP contribution in [-0.2, 0) is 9.59 Å². The molecule has 0 fully saturated rings. The standard InChI is InChI=1S/C20H22FNO5/c1-26-16-8-10-17(11-9-16)27-12-2-3-19(23)22-13-18(20(24)25)14-4-6-15(21)7-5-14/h4-11,18H,2-3,12-13H2,1H3,(H,22,23)(H,24,25). The Morgan fingerprint density at radius 1 is 1.07 bits per heavy atom. The van der Waals surface area contributed by atoms with Crippen LogP contribution in [0.5, 0.6) is 11.5 Å². The van der Waals surface area contributed by atoms with E-state index in [1.165, 1.54) is 24.3 Å². The Hall–Kier alpha value is -3.09. The van der Waals surface area contributed by atoms with Crippen LogP contribution in [0.25, 0.3) is 0 Å². The Balaban J connectivity index is 1.72. The maximum absolute atomic E-state index is 13.0. The number of hydrogen-bond acceptors (Lipinski definition) is 4. The molecule has 2 rings (SSSR count). The van der Waals surface area contributed by atoms with Gasteiger partial charge in [0, 0.05) is 13.0 Å². The van der Waals surface area contributed by atoms with Crippen molar-refractivity contribution in [2.75, 3.05) is 20.3 Å². The van der Waals surface area contributed by atoms with Crippen molar-refractivity contribution in [2.24, 2.45) is 0 Å². The number of carboxylic acid groups (broad SMARTS) is 1. The lowest BCUT2D eigenvalue weighted by molar-refractivity contribution is -0.138. The normalized spacial score (nSPS) is 11.5. The molecule has 7 heteroatoms. The summed E-state index contributed by atoms with van der Waals surface area (Å²) in [4.78, 5) is 23.3. The SMILES string of the molecule is COc1ccc(OCCCC(=O)NCC(C(=O)O)c2ccc(F)cc2)cc1. The van der Waals surface area contributed by atoms with Gasteiger partial charge in [0.05, 0.1) is 19.6 Å². The minimum atomic E-state index is -1.08. The van der Waals surface area contributed by atoms with Crippen LogP contribution in [0.15, 0.2) is 48.5 Å². The number of carboxylic acids is 1. The van der Waals surface area contributed by atoms with E-state index < -0.39 is 17.7 Å². The van der Waals surface area contributed by atoms with Gasteiger partial charge in [0.1, 0.15) is 17.3 Å². The lowest BCUT2D eigenvalue weighted by Crippen LogP contribution is -2.31. The number of halogens is 1. The Morgan fingerprint density at radius 3 is 2.30 bits per heavy atom. The second-order valence-electron chi connectivity index (χ2n) is 5.87. The van der Waals surface area contributed by atoms with Crippen LogP contribution in [-0.4, -0.2) is 37.2 Å². The van der Waals surface area contributed by atoms with Gasteiger partial charge in [-0.25, -0.2) is 4.39 Å². The van der Waals surface area contributed by atoms with Gasteiger partial charge >= 0.3 is 5.97 Å². The molecule has 0 aliphatic heterocycles. The summed E-state index contributed by atoms with van der Waals surface area (Å²) in [7, 11) is 1.58. The van der Waals surface area contributed by atoms with Crippen molar-refractivity contribution in [2.45, 2.75) is 18.8 Å². The molecule has 0 aliphatic rings. The summed E-state index contributed by atoms with van der Waals surface area (Å²) in [5.41, 5.74) is 0.437. The zero-order chi connectivity index (χ0) is 19.6. The first-order valence-electron chi connectivity index (χ1n) is 8.51. The highest BCUT2D eigenvalue weighted by atomic mass is 19.1. The van der Waals surface area contributed by atoms with Crippen molar-refractivity contribution in [1.29, 1.82) is 0 Å². The number of hydrogen-bond donors (Lipinski definition) is 2. The number of aliphatic carboxylic acids is 1. The maximum Gasteiger partial charge on any atom is 0.312 e. The molecule has 0 aliphatic carbocycles. The van der Waals surface area contributed by atoms with Gasteiger partial charge < -0.3 is 19.9 Å². The van der Waals surface area contributed by atoms with E-state index in [1.54, 1.807) is 31.4 Å². The van der Waals surface area contributed by atoms with Crippen LogP contribution in [0.4, 0.5) is 4.39 Å². The summed E-state index contributed by atoms with van der Waals surface area (Å²) < 4.78 is 23.6. The summed E-state index contributed by atoms with van der Waals surface area (Å²) in [5, 5.41) is 11.9. The quantitative estimate of drug-likeness (QED) is 0.624. The number of amides is 1. The van der Waals surface area contributed by atoms with E-state index in [2.05, 4.69) is 5.32 Å². The average Bonchev–Trinajstić information content (AvgIpc) is 2.67. The number of methoxy groups -OCH3 is 1. The third kappa shape index (κ3) is 6.62. The van der Waals surface area contributed by atoms with Gasteiger partial charge in [-0.1, -0.05) is 12.1 Å². The van der Waals surface area contributed by atoms with Crippen LogP contribution in [0.2, 0.25) is 0 Å². The number of rotatable bonds is 10. The summed E-state index contributed by atoms with van der Waals surface area (Å²) in [6.07, 6.45) is 0.706. The van der Waals surface area contributed by atoms with E-state index in [4.69, 9.17) is 9.47 Å². The molecular formula is C20H22FNO5. The van der Waals surface area contributed by atoms with Crippen LogP contribution >= 0.6 is 0 Å². The first-order chi connectivity index (χ1) is 13.0. The lowest BCUT2D eigenvalue weighted by atomic mass is 9.99. The molecular weight excluding hydrogens is 353 g/mol. The minimum absolute atomic E-state index is 0.0564.